The van der Waals surface area contributed by atoms with E-state index < -0.39 is 5.41 Å². The Morgan fingerprint density at radius 1 is 0.950 bits per heavy atom. The lowest BCUT2D eigenvalue weighted by molar-refractivity contribution is -0.179. The van der Waals surface area contributed by atoms with Crippen LogP contribution in [-0.4, -0.2) is 25.2 Å². The summed E-state index contributed by atoms with van der Waals surface area (Å²) in [4.78, 5) is 25.1. The van der Waals surface area contributed by atoms with Gasteiger partial charge in [0.05, 0.1) is 13.2 Å². The highest BCUT2D eigenvalue weighted by Gasteiger charge is 2.53. The van der Waals surface area contributed by atoms with Crippen LogP contribution in [0.5, 0.6) is 0 Å². The topological polar surface area (TPSA) is 52.6 Å². The van der Waals surface area contributed by atoms with Gasteiger partial charge in [-0.15, -0.1) is 0 Å². The smallest absolute Gasteiger partial charge is 0.323 e. The van der Waals surface area contributed by atoms with Gasteiger partial charge in [-0.05, 0) is 39.0 Å². The van der Waals surface area contributed by atoms with Crippen LogP contribution in [0, 0.1) is 11.3 Å². The lowest BCUT2D eigenvalue weighted by atomic mass is 9.66. The molecule has 0 aromatic heterocycles. The molecule has 116 valence electrons. The number of carbonyl (C=O) groups is 2. The maximum atomic E-state index is 12.5. The minimum atomic E-state index is -1.08. The summed E-state index contributed by atoms with van der Waals surface area (Å²) < 4.78 is 10.5. The zero-order valence-electron chi connectivity index (χ0n) is 13.1. The SMILES string of the molecule is CCCC(C(=O)OCC)(C(=O)OCC)C1CCCCC1. The van der Waals surface area contributed by atoms with Gasteiger partial charge in [-0.3, -0.25) is 9.59 Å². The highest BCUT2D eigenvalue weighted by Crippen LogP contribution is 2.44. The van der Waals surface area contributed by atoms with Crippen LogP contribution < -0.4 is 0 Å². The number of rotatable bonds is 7. The quantitative estimate of drug-likeness (QED) is 0.530. The van der Waals surface area contributed by atoms with Crippen LogP contribution in [-0.2, 0) is 19.1 Å². The van der Waals surface area contributed by atoms with Gasteiger partial charge in [-0.1, -0.05) is 32.6 Å². The summed E-state index contributed by atoms with van der Waals surface area (Å²) in [5.41, 5.74) is -1.08. The van der Waals surface area contributed by atoms with Gasteiger partial charge in [-0.2, -0.15) is 0 Å². The second-order valence-corrected chi connectivity index (χ2v) is 5.50. The molecule has 0 amide bonds. The first kappa shape index (κ1) is 17.0. The molecule has 1 aliphatic carbocycles. The Hall–Kier alpha value is -1.06. The molecule has 4 heteroatoms. The van der Waals surface area contributed by atoms with E-state index in [1.54, 1.807) is 13.8 Å². The van der Waals surface area contributed by atoms with Gasteiger partial charge in [0.1, 0.15) is 0 Å². The first-order valence-electron chi connectivity index (χ1n) is 7.97. The molecule has 4 nitrogen and oxygen atoms in total. The highest BCUT2D eigenvalue weighted by atomic mass is 16.6. The van der Waals surface area contributed by atoms with E-state index in [9.17, 15) is 9.59 Å². The maximum absolute atomic E-state index is 12.5. The molecule has 0 saturated heterocycles. The average Bonchev–Trinajstić information content (AvgIpc) is 2.46. The van der Waals surface area contributed by atoms with Gasteiger partial charge < -0.3 is 9.47 Å². The predicted octanol–water partition coefficient (Wildman–Crippen LogP) is 3.48. The van der Waals surface area contributed by atoms with Gasteiger partial charge in [0.25, 0.3) is 0 Å². The van der Waals surface area contributed by atoms with Gasteiger partial charge in [0, 0.05) is 0 Å². The van der Waals surface area contributed by atoms with Crippen molar-refractivity contribution in [3.63, 3.8) is 0 Å². The fraction of sp³-hybridized carbons (Fsp3) is 0.875. The van der Waals surface area contributed by atoms with Gasteiger partial charge in [0.15, 0.2) is 5.41 Å². The first-order chi connectivity index (χ1) is 9.63. The Morgan fingerprint density at radius 2 is 1.45 bits per heavy atom. The van der Waals surface area contributed by atoms with Crippen molar-refractivity contribution in [2.24, 2.45) is 11.3 Å². The third-order valence-corrected chi connectivity index (χ3v) is 4.23. The fourth-order valence-corrected chi connectivity index (χ4v) is 3.33. The van der Waals surface area contributed by atoms with E-state index in [2.05, 4.69) is 0 Å². The summed E-state index contributed by atoms with van der Waals surface area (Å²) in [7, 11) is 0. The molecule has 0 N–H and O–H groups in total. The molecule has 0 atom stereocenters. The van der Waals surface area contributed by atoms with Crippen LogP contribution in [0.4, 0.5) is 0 Å². The van der Waals surface area contributed by atoms with Crippen molar-refractivity contribution in [1.82, 2.24) is 0 Å². The standard InChI is InChI=1S/C16H28O4/c1-4-12-16(14(17)19-5-2,15(18)20-6-3)13-10-8-7-9-11-13/h13H,4-12H2,1-3H3. The third kappa shape index (κ3) is 3.53. The number of carbonyl (C=O) groups excluding carboxylic acids is 2. The number of ether oxygens (including phenoxy) is 2. The summed E-state index contributed by atoms with van der Waals surface area (Å²) in [6.07, 6.45) is 6.47. The summed E-state index contributed by atoms with van der Waals surface area (Å²) in [6, 6.07) is 0. The third-order valence-electron chi connectivity index (χ3n) is 4.23. The maximum Gasteiger partial charge on any atom is 0.323 e. The molecule has 1 fully saturated rings. The minimum Gasteiger partial charge on any atom is -0.465 e. The van der Waals surface area contributed by atoms with Crippen molar-refractivity contribution in [3.05, 3.63) is 0 Å². The van der Waals surface area contributed by atoms with E-state index in [1.165, 1.54) is 6.42 Å². The predicted molar refractivity (Wildman–Crippen MR) is 77.2 cm³/mol. The monoisotopic (exact) mass is 284 g/mol. The van der Waals surface area contributed by atoms with Crippen molar-refractivity contribution < 1.29 is 19.1 Å². The molecule has 1 aliphatic rings. The number of hydrogen-bond donors (Lipinski definition) is 0. The van der Waals surface area contributed by atoms with Crippen LogP contribution >= 0.6 is 0 Å². The van der Waals surface area contributed by atoms with E-state index in [-0.39, 0.29) is 17.9 Å². The van der Waals surface area contributed by atoms with Crippen molar-refractivity contribution in [1.29, 1.82) is 0 Å². The molecule has 0 spiro atoms. The molecule has 0 aliphatic heterocycles. The van der Waals surface area contributed by atoms with Crippen LogP contribution in [0.3, 0.4) is 0 Å². The summed E-state index contributed by atoms with van der Waals surface area (Å²) >= 11 is 0. The van der Waals surface area contributed by atoms with Crippen molar-refractivity contribution in [2.75, 3.05) is 13.2 Å². The molecule has 0 unspecified atom stereocenters. The van der Waals surface area contributed by atoms with Crippen LogP contribution in [0.1, 0.15) is 65.7 Å². The highest BCUT2D eigenvalue weighted by molar-refractivity contribution is 6.00. The number of hydrogen-bond acceptors (Lipinski definition) is 4. The molecule has 0 aromatic rings. The second kappa shape index (κ2) is 8.28. The lowest BCUT2D eigenvalue weighted by Gasteiger charge is -2.38. The average molecular weight is 284 g/mol. The molecule has 0 heterocycles. The van der Waals surface area contributed by atoms with Gasteiger partial charge >= 0.3 is 11.9 Å². The molecular formula is C16H28O4. The fourth-order valence-electron chi connectivity index (χ4n) is 3.33. The molecule has 1 rings (SSSR count). The van der Waals surface area contributed by atoms with Gasteiger partial charge in [0.2, 0.25) is 0 Å². The Bertz CT molecular complexity index is 300. The van der Waals surface area contributed by atoms with E-state index in [4.69, 9.17) is 9.47 Å². The molecular weight excluding hydrogens is 256 g/mol. The molecule has 20 heavy (non-hydrogen) atoms. The van der Waals surface area contributed by atoms with Crippen molar-refractivity contribution >= 4 is 11.9 Å². The molecule has 0 aromatic carbocycles. The van der Waals surface area contributed by atoms with E-state index in [1.807, 2.05) is 6.92 Å². The second-order valence-electron chi connectivity index (χ2n) is 5.50. The molecule has 0 bridgehead atoms. The zero-order chi connectivity index (χ0) is 15.0. The van der Waals surface area contributed by atoms with Gasteiger partial charge in [-0.25, -0.2) is 0 Å². The van der Waals surface area contributed by atoms with E-state index in [0.717, 1.165) is 32.1 Å². The van der Waals surface area contributed by atoms with Crippen molar-refractivity contribution in [3.8, 4) is 0 Å². The Balaban J connectivity index is 3.09. The first-order valence-corrected chi connectivity index (χ1v) is 7.97. The van der Waals surface area contributed by atoms with Crippen molar-refractivity contribution in [2.45, 2.75) is 65.7 Å². The summed E-state index contributed by atoms with van der Waals surface area (Å²) in [6.45, 7) is 6.16. The van der Waals surface area contributed by atoms with Crippen LogP contribution in [0.2, 0.25) is 0 Å². The van der Waals surface area contributed by atoms with E-state index in [0.29, 0.717) is 19.6 Å². The van der Waals surface area contributed by atoms with E-state index >= 15 is 0 Å². The Morgan fingerprint density at radius 3 is 1.85 bits per heavy atom. The Labute approximate surface area is 122 Å². The summed E-state index contributed by atoms with van der Waals surface area (Å²) in [5.74, 6) is -0.700. The lowest BCUT2D eigenvalue weighted by Crippen LogP contribution is -2.48. The molecule has 0 radical (unpaired) electrons. The van der Waals surface area contributed by atoms with Crippen LogP contribution in [0.15, 0.2) is 0 Å². The largest absolute Gasteiger partial charge is 0.465 e. The summed E-state index contributed by atoms with van der Waals surface area (Å²) in [5, 5.41) is 0. The zero-order valence-corrected chi connectivity index (χ0v) is 13.1. The Kier molecular flexibility index (Phi) is 7.03. The molecule has 1 saturated carbocycles. The number of esters is 2. The van der Waals surface area contributed by atoms with Crippen LogP contribution in [0.25, 0.3) is 0 Å². The normalized spacial score (nSPS) is 16.8. The minimum absolute atomic E-state index is 0.0642.